The zero-order chi connectivity index (χ0) is 22.6. The maximum absolute atomic E-state index is 4.78. The normalized spacial score (nSPS) is 11.2. The molecule has 0 atom stereocenters. The van der Waals surface area contributed by atoms with Crippen LogP contribution in [0, 0.1) is 0 Å². The monoisotopic (exact) mass is 470 g/mol. The van der Waals surface area contributed by atoms with Gasteiger partial charge in [-0.15, -0.1) is 21.5 Å². The first-order valence-electron chi connectivity index (χ1n) is 10.6. The van der Waals surface area contributed by atoms with Crippen molar-refractivity contribution in [3.63, 3.8) is 0 Å². The molecule has 0 spiro atoms. The second-order valence-corrected chi connectivity index (χ2v) is 9.55. The first-order chi connectivity index (χ1) is 16.2. The predicted molar refractivity (Wildman–Crippen MR) is 134 cm³/mol. The SMILES string of the molecule is CC(C)c1ccccc1-n1c(SCc2csc(-c3ccccn3)n2)nnc1-c1cccnc1. The number of hydrogen-bond acceptors (Lipinski definition) is 7. The van der Waals surface area contributed by atoms with Crippen molar-refractivity contribution >= 4 is 23.1 Å². The zero-order valence-corrected chi connectivity index (χ0v) is 19.9. The molecule has 8 heteroatoms. The second-order valence-electron chi connectivity index (χ2n) is 7.74. The summed E-state index contributed by atoms with van der Waals surface area (Å²) < 4.78 is 2.14. The summed E-state index contributed by atoms with van der Waals surface area (Å²) in [7, 11) is 0. The van der Waals surface area contributed by atoms with E-state index in [1.54, 1.807) is 35.5 Å². The lowest BCUT2D eigenvalue weighted by molar-refractivity contribution is 0.818. The number of hydrogen-bond donors (Lipinski definition) is 0. The molecule has 0 aliphatic carbocycles. The average Bonchev–Trinajstić information content (AvgIpc) is 3.51. The maximum Gasteiger partial charge on any atom is 0.196 e. The Morgan fingerprint density at radius 3 is 2.64 bits per heavy atom. The Bertz CT molecular complexity index is 1350. The first kappa shape index (κ1) is 21.5. The summed E-state index contributed by atoms with van der Waals surface area (Å²) in [5, 5.41) is 13.0. The van der Waals surface area contributed by atoms with Crippen LogP contribution < -0.4 is 0 Å². The molecule has 33 heavy (non-hydrogen) atoms. The van der Waals surface area contributed by atoms with E-state index in [0.717, 1.165) is 38.6 Å². The third-order valence-corrected chi connectivity index (χ3v) is 7.01. The minimum absolute atomic E-state index is 0.364. The van der Waals surface area contributed by atoms with Gasteiger partial charge in [-0.3, -0.25) is 14.5 Å². The highest BCUT2D eigenvalue weighted by atomic mass is 32.2. The molecule has 5 rings (SSSR count). The van der Waals surface area contributed by atoms with Gasteiger partial charge in [-0.25, -0.2) is 4.98 Å². The largest absolute Gasteiger partial charge is 0.270 e. The molecule has 0 aliphatic heterocycles. The first-order valence-corrected chi connectivity index (χ1v) is 12.5. The van der Waals surface area contributed by atoms with Gasteiger partial charge in [0.2, 0.25) is 0 Å². The molecule has 0 amide bonds. The van der Waals surface area contributed by atoms with E-state index in [-0.39, 0.29) is 0 Å². The van der Waals surface area contributed by atoms with Crippen molar-refractivity contribution in [2.45, 2.75) is 30.7 Å². The molecular formula is C25H22N6S2. The highest BCUT2D eigenvalue weighted by Gasteiger charge is 2.20. The molecule has 4 aromatic heterocycles. The Hall–Kier alpha value is -3.36. The van der Waals surface area contributed by atoms with Gasteiger partial charge in [0.15, 0.2) is 11.0 Å². The van der Waals surface area contributed by atoms with Gasteiger partial charge in [-0.2, -0.15) is 0 Å². The molecule has 164 valence electrons. The van der Waals surface area contributed by atoms with Gasteiger partial charge in [-0.1, -0.05) is 49.9 Å². The molecule has 0 saturated heterocycles. The van der Waals surface area contributed by atoms with Crippen molar-refractivity contribution in [3.8, 4) is 27.8 Å². The molecule has 0 radical (unpaired) electrons. The number of thiazole rings is 1. The van der Waals surface area contributed by atoms with Crippen LogP contribution in [0.2, 0.25) is 0 Å². The number of aromatic nitrogens is 6. The Balaban J connectivity index is 1.50. The Labute approximate surface area is 200 Å². The molecule has 1 aromatic carbocycles. The third kappa shape index (κ3) is 4.58. The highest BCUT2D eigenvalue weighted by Crippen LogP contribution is 2.33. The van der Waals surface area contributed by atoms with Gasteiger partial charge >= 0.3 is 0 Å². The lowest BCUT2D eigenvalue weighted by atomic mass is 10.0. The van der Waals surface area contributed by atoms with E-state index in [9.17, 15) is 0 Å². The summed E-state index contributed by atoms with van der Waals surface area (Å²) >= 11 is 3.24. The van der Waals surface area contributed by atoms with Crippen molar-refractivity contribution in [1.82, 2.24) is 29.7 Å². The summed E-state index contributed by atoms with van der Waals surface area (Å²) in [6.07, 6.45) is 5.38. The van der Waals surface area contributed by atoms with Gasteiger partial charge in [0, 0.05) is 35.3 Å². The summed E-state index contributed by atoms with van der Waals surface area (Å²) in [5.41, 5.74) is 5.16. The molecule has 0 bridgehead atoms. The van der Waals surface area contributed by atoms with Crippen LogP contribution in [0.4, 0.5) is 0 Å². The van der Waals surface area contributed by atoms with E-state index < -0.39 is 0 Å². The van der Waals surface area contributed by atoms with Crippen LogP contribution in [-0.2, 0) is 5.75 Å². The Kier molecular flexibility index (Phi) is 6.28. The zero-order valence-electron chi connectivity index (χ0n) is 18.3. The maximum atomic E-state index is 4.78. The summed E-state index contributed by atoms with van der Waals surface area (Å²) in [4.78, 5) is 13.5. The molecule has 0 unspecified atom stereocenters. The fourth-order valence-corrected chi connectivity index (χ4v) is 5.30. The number of rotatable bonds is 7. The summed E-state index contributed by atoms with van der Waals surface area (Å²) in [6, 6.07) is 18.2. The van der Waals surface area contributed by atoms with E-state index in [4.69, 9.17) is 4.98 Å². The molecule has 0 fully saturated rings. The van der Waals surface area contributed by atoms with Crippen molar-refractivity contribution in [1.29, 1.82) is 0 Å². The van der Waals surface area contributed by atoms with Gasteiger partial charge in [0.05, 0.1) is 17.1 Å². The van der Waals surface area contributed by atoms with E-state index in [2.05, 4.69) is 68.2 Å². The third-order valence-electron chi connectivity index (χ3n) is 5.14. The standard InChI is InChI=1S/C25H22N6S2/c1-17(2)20-9-3-4-11-22(20)31-23(18-8-7-12-26-14-18)29-30-25(31)33-16-19-15-32-24(28-19)21-10-5-6-13-27-21/h3-15,17H,16H2,1-2H3. The molecule has 6 nitrogen and oxygen atoms in total. The molecule has 0 aliphatic rings. The number of thioether (sulfide) groups is 1. The van der Waals surface area contributed by atoms with E-state index in [0.29, 0.717) is 11.7 Å². The van der Waals surface area contributed by atoms with E-state index in [1.807, 2.05) is 36.5 Å². The Morgan fingerprint density at radius 1 is 0.970 bits per heavy atom. The summed E-state index contributed by atoms with van der Waals surface area (Å²) in [5.74, 6) is 1.84. The van der Waals surface area contributed by atoms with Crippen LogP contribution in [0.25, 0.3) is 27.8 Å². The smallest absolute Gasteiger partial charge is 0.196 e. The highest BCUT2D eigenvalue weighted by molar-refractivity contribution is 7.98. The number of benzene rings is 1. The lowest BCUT2D eigenvalue weighted by Crippen LogP contribution is -2.05. The molecule has 5 aromatic rings. The number of para-hydroxylation sites is 1. The molecule has 0 saturated carbocycles. The van der Waals surface area contributed by atoms with Gasteiger partial charge in [-0.05, 0) is 41.8 Å². The van der Waals surface area contributed by atoms with Crippen LogP contribution in [0.15, 0.2) is 83.7 Å². The quantitative estimate of drug-likeness (QED) is 0.261. The van der Waals surface area contributed by atoms with Crippen molar-refractivity contribution in [3.05, 3.63) is 89.8 Å². The van der Waals surface area contributed by atoms with Crippen LogP contribution in [0.1, 0.15) is 31.0 Å². The van der Waals surface area contributed by atoms with Crippen molar-refractivity contribution in [2.75, 3.05) is 0 Å². The van der Waals surface area contributed by atoms with Crippen LogP contribution in [0.5, 0.6) is 0 Å². The minimum Gasteiger partial charge on any atom is -0.270 e. The molecule has 0 N–H and O–H groups in total. The van der Waals surface area contributed by atoms with Crippen molar-refractivity contribution in [2.24, 2.45) is 0 Å². The van der Waals surface area contributed by atoms with E-state index >= 15 is 0 Å². The minimum atomic E-state index is 0.364. The van der Waals surface area contributed by atoms with Crippen LogP contribution >= 0.6 is 23.1 Å². The predicted octanol–water partition coefficient (Wildman–Crippen LogP) is 6.26. The topological polar surface area (TPSA) is 69.4 Å². The van der Waals surface area contributed by atoms with Gasteiger partial charge < -0.3 is 0 Å². The molecular weight excluding hydrogens is 448 g/mol. The number of nitrogens with zero attached hydrogens (tertiary/aromatic N) is 6. The lowest BCUT2D eigenvalue weighted by Gasteiger charge is -2.16. The summed E-state index contributed by atoms with van der Waals surface area (Å²) in [6.45, 7) is 4.41. The van der Waals surface area contributed by atoms with Crippen LogP contribution in [0.3, 0.4) is 0 Å². The van der Waals surface area contributed by atoms with Gasteiger partial charge in [0.25, 0.3) is 0 Å². The fourth-order valence-electron chi connectivity index (χ4n) is 3.56. The molecule has 4 heterocycles. The second kappa shape index (κ2) is 9.64. The van der Waals surface area contributed by atoms with Crippen molar-refractivity contribution < 1.29 is 0 Å². The fraction of sp³-hybridized carbons (Fsp3) is 0.160. The van der Waals surface area contributed by atoms with E-state index in [1.165, 1.54) is 5.56 Å². The number of pyridine rings is 2. The van der Waals surface area contributed by atoms with Gasteiger partial charge in [0.1, 0.15) is 5.01 Å². The van der Waals surface area contributed by atoms with Crippen LogP contribution in [-0.4, -0.2) is 29.7 Å². The average molecular weight is 471 g/mol. The Morgan fingerprint density at radius 2 is 1.85 bits per heavy atom.